The van der Waals surface area contributed by atoms with E-state index in [0.29, 0.717) is 10.9 Å². The SMILES string of the molecule is Cc1ccccc1-c1c(-c2ccc(S(N)(=O)=O)cc2)sc2ccccc2c1=O. The topological polar surface area (TPSA) is 77.2 Å². The number of rotatable bonds is 3. The average Bonchev–Trinajstić information content (AvgIpc) is 2.68. The van der Waals surface area contributed by atoms with Gasteiger partial charge in [-0.25, -0.2) is 13.6 Å². The largest absolute Gasteiger partial charge is 0.288 e. The number of hydrogen-bond acceptors (Lipinski definition) is 4. The van der Waals surface area contributed by atoms with E-state index in [1.54, 1.807) is 12.1 Å². The molecule has 3 aromatic carbocycles. The molecule has 0 radical (unpaired) electrons. The molecule has 0 fully saturated rings. The van der Waals surface area contributed by atoms with Crippen LogP contribution in [0.1, 0.15) is 5.56 Å². The fourth-order valence-electron chi connectivity index (χ4n) is 3.24. The summed E-state index contributed by atoms with van der Waals surface area (Å²) in [7, 11) is -3.77. The molecule has 6 heteroatoms. The van der Waals surface area contributed by atoms with Gasteiger partial charge in [0, 0.05) is 20.5 Å². The number of hydrogen-bond donors (Lipinski definition) is 1. The molecule has 28 heavy (non-hydrogen) atoms. The number of sulfonamides is 1. The minimum absolute atomic E-state index is 0.0332. The monoisotopic (exact) mass is 407 g/mol. The number of primary sulfonamides is 1. The average molecular weight is 408 g/mol. The van der Waals surface area contributed by atoms with E-state index in [4.69, 9.17) is 5.14 Å². The molecule has 2 N–H and O–H groups in total. The zero-order chi connectivity index (χ0) is 19.9. The van der Waals surface area contributed by atoms with Crippen LogP contribution in [0.5, 0.6) is 0 Å². The molecule has 0 spiro atoms. The predicted molar refractivity (Wildman–Crippen MR) is 115 cm³/mol. The summed E-state index contributed by atoms with van der Waals surface area (Å²) in [5, 5.41) is 5.89. The van der Waals surface area contributed by atoms with Crippen molar-refractivity contribution >= 4 is 31.4 Å². The Kier molecular flexibility index (Phi) is 4.63. The van der Waals surface area contributed by atoms with Crippen molar-refractivity contribution in [2.75, 3.05) is 0 Å². The molecule has 1 aromatic heterocycles. The van der Waals surface area contributed by atoms with E-state index < -0.39 is 10.0 Å². The van der Waals surface area contributed by atoms with Crippen LogP contribution in [0, 0.1) is 6.92 Å². The first-order valence-electron chi connectivity index (χ1n) is 8.61. The van der Waals surface area contributed by atoms with Gasteiger partial charge < -0.3 is 0 Å². The summed E-state index contributed by atoms with van der Waals surface area (Å²) in [6.45, 7) is 1.97. The highest BCUT2D eigenvalue weighted by Crippen LogP contribution is 2.38. The van der Waals surface area contributed by atoms with Gasteiger partial charge in [0.15, 0.2) is 5.43 Å². The molecule has 4 aromatic rings. The number of fused-ring (bicyclic) bond motifs is 1. The van der Waals surface area contributed by atoms with Gasteiger partial charge in [-0.15, -0.1) is 11.3 Å². The molecule has 0 bridgehead atoms. The van der Waals surface area contributed by atoms with Crippen molar-refractivity contribution < 1.29 is 8.42 Å². The molecule has 0 atom stereocenters. The van der Waals surface area contributed by atoms with E-state index in [0.717, 1.165) is 26.3 Å². The maximum absolute atomic E-state index is 13.4. The first-order valence-corrected chi connectivity index (χ1v) is 11.0. The molecule has 0 saturated carbocycles. The van der Waals surface area contributed by atoms with E-state index in [-0.39, 0.29) is 10.3 Å². The predicted octanol–water partition coefficient (Wildman–Crippen LogP) is 4.55. The lowest BCUT2D eigenvalue weighted by molar-refractivity contribution is 0.598. The maximum Gasteiger partial charge on any atom is 0.238 e. The van der Waals surface area contributed by atoms with Crippen LogP contribution >= 0.6 is 11.3 Å². The van der Waals surface area contributed by atoms with Gasteiger partial charge in [0.2, 0.25) is 10.0 Å². The van der Waals surface area contributed by atoms with E-state index in [1.807, 2.05) is 55.5 Å². The normalized spacial score (nSPS) is 11.6. The molecule has 4 rings (SSSR count). The van der Waals surface area contributed by atoms with Crippen LogP contribution in [0.2, 0.25) is 0 Å². The summed E-state index contributed by atoms with van der Waals surface area (Å²) < 4.78 is 24.0. The van der Waals surface area contributed by atoms with Crippen molar-refractivity contribution in [1.29, 1.82) is 0 Å². The van der Waals surface area contributed by atoms with Crippen molar-refractivity contribution in [3.63, 3.8) is 0 Å². The molecule has 0 aliphatic heterocycles. The minimum Gasteiger partial charge on any atom is -0.288 e. The Balaban J connectivity index is 2.06. The Hall–Kier alpha value is -2.80. The lowest BCUT2D eigenvalue weighted by Crippen LogP contribution is -2.11. The number of benzene rings is 3. The van der Waals surface area contributed by atoms with Crippen molar-refractivity contribution in [3.05, 3.63) is 88.6 Å². The van der Waals surface area contributed by atoms with Gasteiger partial charge in [-0.05, 0) is 47.9 Å². The van der Waals surface area contributed by atoms with Crippen LogP contribution < -0.4 is 10.6 Å². The van der Waals surface area contributed by atoms with E-state index in [9.17, 15) is 13.2 Å². The fraction of sp³-hybridized carbons (Fsp3) is 0.0455. The summed E-state index contributed by atoms with van der Waals surface area (Å²) >= 11 is 1.52. The summed E-state index contributed by atoms with van der Waals surface area (Å²) in [6, 6.07) is 21.6. The van der Waals surface area contributed by atoms with Crippen molar-refractivity contribution in [1.82, 2.24) is 0 Å². The molecule has 4 nitrogen and oxygen atoms in total. The van der Waals surface area contributed by atoms with Crippen LogP contribution in [-0.4, -0.2) is 8.42 Å². The minimum atomic E-state index is -3.77. The summed E-state index contributed by atoms with van der Waals surface area (Å²) in [5.74, 6) is 0. The van der Waals surface area contributed by atoms with Gasteiger partial charge in [-0.2, -0.15) is 0 Å². The molecular formula is C22H17NO3S2. The Bertz CT molecular complexity index is 1350. The van der Waals surface area contributed by atoms with Crippen LogP contribution in [0.15, 0.2) is 82.5 Å². The Labute approximate surface area is 167 Å². The Morgan fingerprint density at radius 3 is 2.18 bits per heavy atom. The number of nitrogens with two attached hydrogens (primary N) is 1. The lowest BCUT2D eigenvalue weighted by Gasteiger charge is -2.13. The third-order valence-electron chi connectivity index (χ3n) is 4.66. The molecule has 1 heterocycles. The van der Waals surface area contributed by atoms with Gasteiger partial charge in [-0.3, -0.25) is 4.79 Å². The van der Waals surface area contributed by atoms with Crippen LogP contribution in [0.3, 0.4) is 0 Å². The zero-order valence-electron chi connectivity index (χ0n) is 15.0. The lowest BCUT2D eigenvalue weighted by atomic mass is 9.97. The van der Waals surface area contributed by atoms with Gasteiger partial charge >= 0.3 is 0 Å². The van der Waals surface area contributed by atoms with Crippen LogP contribution in [0.25, 0.3) is 31.7 Å². The highest BCUT2D eigenvalue weighted by Gasteiger charge is 2.18. The maximum atomic E-state index is 13.4. The smallest absolute Gasteiger partial charge is 0.238 e. The summed E-state index contributed by atoms with van der Waals surface area (Å²) in [5.41, 5.74) is 3.25. The molecule has 0 aliphatic rings. The third kappa shape index (κ3) is 3.26. The molecule has 0 unspecified atom stereocenters. The third-order valence-corrected chi connectivity index (χ3v) is 6.81. The van der Waals surface area contributed by atoms with E-state index in [1.165, 1.54) is 23.5 Å². The van der Waals surface area contributed by atoms with Crippen molar-refractivity contribution in [2.45, 2.75) is 11.8 Å². The number of aryl methyl sites for hydroxylation is 1. The highest BCUT2D eigenvalue weighted by atomic mass is 32.2. The molecular weight excluding hydrogens is 390 g/mol. The second kappa shape index (κ2) is 6.98. The van der Waals surface area contributed by atoms with Crippen LogP contribution in [-0.2, 0) is 10.0 Å². The highest BCUT2D eigenvalue weighted by molar-refractivity contribution is 7.89. The first kappa shape index (κ1) is 18.6. The van der Waals surface area contributed by atoms with E-state index in [2.05, 4.69) is 0 Å². The fourth-order valence-corrected chi connectivity index (χ4v) is 4.95. The Morgan fingerprint density at radius 1 is 0.857 bits per heavy atom. The quantitative estimate of drug-likeness (QED) is 0.541. The van der Waals surface area contributed by atoms with Crippen molar-refractivity contribution in [2.24, 2.45) is 5.14 Å². The van der Waals surface area contributed by atoms with Gasteiger partial charge in [0.05, 0.1) is 4.90 Å². The van der Waals surface area contributed by atoms with Gasteiger partial charge in [0.1, 0.15) is 0 Å². The van der Waals surface area contributed by atoms with Crippen molar-refractivity contribution in [3.8, 4) is 21.6 Å². The zero-order valence-corrected chi connectivity index (χ0v) is 16.7. The molecule has 0 aliphatic carbocycles. The Morgan fingerprint density at radius 2 is 1.50 bits per heavy atom. The van der Waals surface area contributed by atoms with Gasteiger partial charge in [0.25, 0.3) is 0 Å². The molecule has 140 valence electrons. The summed E-state index contributed by atoms with van der Waals surface area (Å²) in [6.07, 6.45) is 0. The van der Waals surface area contributed by atoms with Crippen LogP contribution in [0.4, 0.5) is 0 Å². The van der Waals surface area contributed by atoms with Gasteiger partial charge in [-0.1, -0.05) is 48.5 Å². The molecule has 0 amide bonds. The first-order chi connectivity index (χ1) is 13.4. The summed E-state index contributed by atoms with van der Waals surface area (Å²) in [4.78, 5) is 14.2. The molecule has 0 saturated heterocycles. The standard InChI is InChI=1S/C22H17NO3S2/c1-14-6-2-3-7-17(14)20-21(24)18-8-4-5-9-19(18)27-22(20)15-10-12-16(13-11-15)28(23,25)26/h2-13H,1H3,(H2,23,25,26). The van der Waals surface area contributed by atoms with E-state index >= 15 is 0 Å². The second-order valence-electron chi connectivity index (χ2n) is 6.52. The second-order valence-corrected chi connectivity index (χ2v) is 9.13.